The minimum absolute atomic E-state index is 0.345. The van der Waals surface area contributed by atoms with E-state index in [1.165, 1.54) is 6.07 Å². The number of primary amides is 1. The highest BCUT2D eigenvalue weighted by molar-refractivity contribution is 6.31. The van der Waals surface area contributed by atoms with Crippen molar-refractivity contribution >= 4 is 23.2 Å². The van der Waals surface area contributed by atoms with Crippen LogP contribution in [0.4, 0.5) is 5.69 Å². The first-order valence-electron chi connectivity index (χ1n) is 5.60. The summed E-state index contributed by atoms with van der Waals surface area (Å²) in [6, 6.07) is 9.97. The fourth-order valence-corrected chi connectivity index (χ4v) is 1.72. The third-order valence-electron chi connectivity index (χ3n) is 2.65. The standard InChI is InChI=1S/C14H13ClN2O2/c1-8-6-10(3-4-11(8)15)19-13-5-2-9(14(17)18)7-12(13)16/h2-7H,16H2,1H3,(H2,17,18). The molecule has 0 spiro atoms. The lowest BCUT2D eigenvalue weighted by molar-refractivity contribution is 0.100. The number of anilines is 1. The molecule has 0 saturated heterocycles. The molecule has 0 aliphatic heterocycles. The number of halogens is 1. The van der Waals surface area contributed by atoms with E-state index in [-0.39, 0.29) is 0 Å². The van der Waals surface area contributed by atoms with Crippen molar-refractivity contribution in [1.29, 1.82) is 0 Å². The second-order valence-electron chi connectivity index (χ2n) is 4.13. The molecule has 0 atom stereocenters. The van der Waals surface area contributed by atoms with E-state index in [1.54, 1.807) is 24.3 Å². The van der Waals surface area contributed by atoms with E-state index < -0.39 is 5.91 Å². The second-order valence-corrected chi connectivity index (χ2v) is 4.54. The van der Waals surface area contributed by atoms with Gasteiger partial charge in [0.05, 0.1) is 5.69 Å². The maximum atomic E-state index is 11.0. The van der Waals surface area contributed by atoms with Crippen LogP contribution in [-0.2, 0) is 0 Å². The molecule has 2 aromatic carbocycles. The number of hydrogen-bond acceptors (Lipinski definition) is 3. The van der Waals surface area contributed by atoms with Gasteiger partial charge in [0, 0.05) is 10.6 Å². The fourth-order valence-electron chi connectivity index (χ4n) is 1.60. The van der Waals surface area contributed by atoms with Crippen molar-refractivity contribution in [3.63, 3.8) is 0 Å². The monoisotopic (exact) mass is 276 g/mol. The van der Waals surface area contributed by atoms with Crippen molar-refractivity contribution in [1.82, 2.24) is 0 Å². The van der Waals surface area contributed by atoms with Crippen LogP contribution >= 0.6 is 11.6 Å². The van der Waals surface area contributed by atoms with Gasteiger partial charge in [-0.2, -0.15) is 0 Å². The molecule has 0 saturated carbocycles. The average Bonchev–Trinajstić information content (AvgIpc) is 2.36. The highest BCUT2D eigenvalue weighted by Gasteiger charge is 2.07. The van der Waals surface area contributed by atoms with Crippen molar-refractivity contribution in [3.8, 4) is 11.5 Å². The number of rotatable bonds is 3. The van der Waals surface area contributed by atoms with Gasteiger partial charge in [-0.1, -0.05) is 11.6 Å². The van der Waals surface area contributed by atoms with Crippen LogP contribution in [0, 0.1) is 6.92 Å². The normalized spacial score (nSPS) is 10.2. The molecular formula is C14H13ClN2O2. The van der Waals surface area contributed by atoms with Crippen LogP contribution in [0.15, 0.2) is 36.4 Å². The maximum absolute atomic E-state index is 11.0. The van der Waals surface area contributed by atoms with E-state index in [1.807, 2.05) is 13.0 Å². The highest BCUT2D eigenvalue weighted by Crippen LogP contribution is 2.30. The first-order valence-corrected chi connectivity index (χ1v) is 5.98. The number of nitrogen functional groups attached to an aromatic ring is 1. The van der Waals surface area contributed by atoms with Gasteiger partial charge in [0.2, 0.25) is 5.91 Å². The molecule has 0 aromatic heterocycles. The van der Waals surface area contributed by atoms with E-state index in [2.05, 4.69) is 0 Å². The first-order chi connectivity index (χ1) is 8.97. The number of ether oxygens (including phenoxy) is 1. The molecule has 0 radical (unpaired) electrons. The van der Waals surface area contributed by atoms with Crippen molar-refractivity contribution in [2.24, 2.45) is 5.73 Å². The number of nitrogens with two attached hydrogens (primary N) is 2. The van der Waals surface area contributed by atoms with E-state index in [0.717, 1.165) is 5.56 Å². The van der Waals surface area contributed by atoms with Crippen LogP contribution in [0.3, 0.4) is 0 Å². The summed E-state index contributed by atoms with van der Waals surface area (Å²) in [6.07, 6.45) is 0. The van der Waals surface area contributed by atoms with Crippen LogP contribution in [0.2, 0.25) is 5.02 Å². The lowest BCUT2D eigenvalue weighted by Crippen LogP contribution is -2.11. The Labute approximate surface area is 115 Å². The Morgan fingerprint density at radius 3 is 2.53 bits per heavy atom. The summed E-state index contributed by atoms with van der Waals surface area (Å²) in [6.45, 7) is 1.88. The van der Waals surface area contributed by atoms with Gasteiger partial charge in [0.15, 0.2) is 0 Å². The third-order valence-corrected chi connectivity index (χ3v) is 3.08. The molecule has 2 rings (SSSR count). The Kier molecular flexibility index (Phi) is 3.62. The molecular weight excluding hydrogens is 264 g/mol. The minimum atomic E-state index is -0.527. The van der Waals surface area contributed by atoms with E-state index >= 15 is 0 Å². The largest absolute Gasteiger partial charge is 0.455 e. The summed E-state index contributed by atoms with van der Waals surface area (Å²) < 4.78 is 5.64. The quantitative estimate of drug-likeness (QED) is 0.846. The summed E-state index contributed by atoms with van der Waals surface area (Å²) in [4.78, 5) is 11.0. The summed E-state index contributed by atoms with van der Waals surface area (Å²) in [5, 5.41) is 0.671. The third kappa shape index (κ3) is 2.98. The number of carbonyl (C=O) groups is 1. The topological polar surface area (TPSA) is 78.3 Å². The molecule has 0 aliphatic carbocycles. The Morgan fingerprint density at radius 2 is 1.95 bits per heavy atom. The second kappa shape index (κ2) is 5.20. The molecule has 98 valence electrons. The van der Waals surface area contributed by atoms with Gasteiger partial charge in [-0.05, 0) is 48.9 Å². The van der Waals surface area contributed by atoms with Gasteiger partial charge in [0.25, 0.3) is 0 Å². The van der Waals surface area contributed by atoms with Crippen LogP contribution in [0.1, 0.15) is 15.9 Å². The van der Waals surface area contributed by atoms with Crippen molar-refractivity contribution in [2.75, 3.05) is 5.73 Å². The van der Waals surface area contributed by atoms with Crippen LogP contribution in [-0.4, -0.2) is 5.91 Å². The molecule has 19 heavy (non-hydrogen) atoms. The zero-order valence-electron chi connectivity index (χ0n) is 10.3. The van der Waals surface area contributed by atoms with Crippen LogP contribution in [0.25, 0.3) is 0 Å². The average molecular weight is 277 g/mol. The lowest BCUT2D eigenvalue weighted by Gasteiger charge is -2.10. The summed E-state index contributed by atoms with van der Waals surface area (Å²) in [5.41, 5.74) is 12.6. The van der Waals surface area contributed by atoms with Gasteiger partial charge in [0.1, 0.15) is 11.5 Å². The van der Waals surface area contributed by atoms with Gasteiger partial charge in [-0.3, -0.25) is 4.79 Å². The van der Waals surface area contributed by atoms with Crippen molar-refractivity contribution in [2.45, 2.75) is 6.92 Å². The minimum Gasteiger partial charge on any atom is -0.455 e. The van der Waals surface area contributed by atoms with E-state index in [0.29, 0.717) is 27.8 Å². The Hall–Kier alpha value is -2.20. The molecule has 0 unspecified atom stereocenters. The van der Waals surface area contributed by atoms with Crippen LogP contribution in [0.5, 0.6) is 11.5 Å². The smallest absolute Gasteiger partial charge is 0.248 e. The number of benzene rings is 2. The van der Waals surface area contributed by atoms with Gasteiger partial charge in [-0.15, -0.1) is 0 Å². The first kappa shape index (κ1) is 13.2. The SMILES string of the molecule is Cc1cc(Oc2ccc(C(N)=O)cc2N)ccc1Cl. The summed E-state index contributed by atoms with van der Waals surface area (Å²) >= 11 is 5.94. The predicted octanol–water partition coefficient (Wildman–Crippen LogP) is 3.12. The fraction of sp³-hybridized carbons (Fsp3) is 0.0714. The highest BCUT2D eigenvalue weighted by atomic mass is 35.5. The van der Waals surface area contributed by atoms with Gasteiger partial charge < -0.3 is 16.2 Å². The molecule has 0 bridgehead atoms. The molecule has 4 N–H and O–H groups in total. The lowest BCUT2D eigenvalue weighted by atomic mass is 10.2. The molecule has 0 fully saturated rings. The summed E-state index contributed by atoms with van der Waals surface area (Å²) in [7, 11) is 0. The number of hydrogen-bond donors (Lipinski definition) is 2. The van der Waals surface area contributed by atoms with Crippen molar-refractivity contribution < 1.29 is 9.53 Å². The Morgan fingerprint density at radius 1 is 1.21 bits per heavy atom. The Balaban J connectivity index is 2.28. The number of aryl methyl sites for hydroxylation is 1. The maximum Gasteiger partial charge on any atom is 0.248 e. The molecule has 4 nitrogen and oxygen atoms in total. The van der Waals surface area contributed by atoms with Crippen molar-refractivity contribution in [3.05, 3.63) is 52.5 Å². The molecule has 5 heteroatoms. The summed E-state index contributed by atoms with van der Waals surface area (Å²) in [5.74, 6) is 0.563. The van der Waals surface area contributed by atoms with Gasteiger partial charge >= 0.3 is 0 Å². The molecule has 0 aliphatic rings. The number of amides is 1. The van der Waals surface area contributed by atoms with Gasteiger partial charge in [-0.25, -0.2) is 0 Å². The Bertz CT molecular complexity index is 641. The zero-order chi connectivity index (χ0) is 14.0. The zero-order valence-corrected chi connectivity index (χ0v) is 11.1. The predicted molar refractivity (Wildman–Crippen MR) is 75.6 cm³/mol. The molecule has 2 aromatic rings. The molecule has 0 heterocycles. The van der Waals surface area contributed by atoms with E-state index in [4.69, 9.17) is 27.8 Å². The van der Waals surface area contributed by atoms with E-state index in [9.17, 15) is 4.79 Å². The van der Waals surface area contributed by atoms with Crippen LogP contribution < -0.4 is 16.2 Å². The number of carbonyl (C=O) groups excluding carboxylic acids is 1. The molecule has 1 amide bonds.